The number of ether oxygens (including phenoxy) is 7. The van der Waals surface area contributed by atoms with E-state index >= 15 is 0 Å². The number of carbonyl (C=O) groups is 1. The van der Waals surface area contributed by atoms with Crippen LogP contribution in [0.25, 0.3) is 0 Å². The summed E-state index contributed by atoms with van der Waals surface area (Å²) in [7, 11) is 2.87. The lowest BCUT2D eigenvalue weighted by molar-refractivity contribution is -0.289. The molecule has 15 heteroatoms. The first-order valence-corrected chi connectivity index (χ1v) is 13.8. The highest BCUT2D eigenvalue weighted by atomic mass is 16.7. The molecule has 9 atom stereocenters. The van der Waals surface area contributed by atoms with Gasteiger partial charge in [-0.2, -0.15) is 0 Å². The van der Waals surface area contributed by atoms with Gasteiger partial charge >= 0.3 is 5.97 Å². The van der Waals surface area contributed by atoms with Crippen LogP contribution < -0.4 is 14.2 Å². The van der Waals surface area contributed by atoms with E-state index in [4.69, 9.17) is 33.2 Å². The van der Waals surface area contributed by atoms with Crippen molar-refractivity contribution < 1.29 is 73.7 Å². The fourth-order valence-electron chi connectivity index (χ4n) is 4.68. The van der Waals surface area contributed by atoms with Crippen LogP contribution >= 0.6 is 0 Å². The van der Waals surface area contributed by atoms with E-state index in [0.29, 0.717) is 16.9 Å². The molecule has 2 aliphatic heterocycles. The van der Waals surface area contributed by atoms with Crippen LogP contribution in [0.5, 0.6) is 17.2 Å². The Morgan fingerprint density at radius 2 is 1.68 bits per heavy atom. The molecule has 15 nitrogen and oxygen atoms in total. The van der Waals surface area contributed by atoms with Crippen molar-refractivity contribution in [1.29, 1.82) is 0 Å². The third-order valence-electron chi connectivity index (χ3n) is 7.54. The minimum Gasteiger partial charge on any atom is -0.497 e. The lowest BCUT2D eigenvalue weighted by Gasteiger charge is -2.40. The van der Waals surface area contributed by atoms with Gasteiger partial charge in [-0.1, -0.05) is 6.07 Å². The Labute approximate surface area is 252 Å². The van der Waals surface area contributed by atoms with Crippen molar-refractivity contribution in [2.45, 2.75) is 54.6 Å². The molecule has 2 heterocycles. The lowest BCUT2D eigenvalue weighted by atomic mass is 9.98. The summed E-state index contributed by atoms with van der Waals surface area (Å²) >= 11 is 0. The maximum absolute atomic E-state index is 12.5. The highest BCUT2D eigenvalue weighted by Gasteiger charge is 2.50. The van der Waals surface area contributed by atoms with E-state index in [2.05, 4.69) is 0 Å². The summed E-state index contributed by atoms with van der Waals surface area (Å²) in [5.74, 6) is -0.373. The quantitative estimate of drug-likeness (QED) is 0.123. The normalized spacial score (nSPS) is 30.9. The smallest absolute Gasteiger partial charge is 0.338 e. The SMILES string of the molecule is COc1ccc(C(=O)OCC(CO)c2ccc(O[C@@H]3O[C@H](CO[C@@H]4OC[C@](O)(CO)[C@H]4O)[C@@H](O)[C@H](O)[C@H]3O)c(OC)c2)cc1. The maximum Gasteiger partial charge on any atom is 0.338 e. The lowest BCUT2D eigenvalue weighted by Crippen LogP contribution is -2.60. The van der Waals surface area contributed by atoms with Gasteiger partial charge in [0, 0.05) is 5.92 Å². The number of aliphatic hydroxyl groups is 7. The summed E-state index contributed by atoms with van der Waals surface area (Å²) in [5, 5.41) is 71.0. The molecule has 0 radical (unpaired) electrons. The molecule has 4 rings (SSSR count). The van der Waals surface area contributed by atoms with Crippen LogP contribution in [0.15, 0.2) is 42.5 Å². The summed E-state index contributed by atoms with van der Waals surface area (Å²) < 4.78 is 37.9. The summed E-state index contributed by atoms with van der Waals surface area (Å²) in [6, 6.07) is 11.0. The molecule has 244 valence electrons. The molecular weight excluding hydrogens is 588 g/mol. The largest absolute Gasteiger partial charge is 0.497 e. The van der Waals surface area contributed by atoms with E-state index in [1.165, 1.54) is 20.3 Å². The van der Waals surface area contributed by atoms with Crippen LogP contribution in [0.4, 0.5) is 0 Å². The second-order valence-electron chi connectivity index (χ2n) is 10.5. The van der Waals surface area contributed by atoms with Gasteiger partial charge in [-0.05, 0) is 42.0 Å². The highest BCUT2D eigenvalue weighted by molar-refractivity contribution is 5.89. The van der Waals surface area contributed by atoms with Crippen molar-refractivity contribution in [3.05, 3.63) is 53.6 Å². The second kappa shape index (κ2) is 14.8. The number of aliphatic hydroxyl groups excluding tert-OH is 6. The van der Waals surface area contributed by atoms with Gasteiger partial charge in [0.25, 0.3) is 0 Å². The van der Waals surface area contributed by atoms with Crippen molar-refractivity contribution >= 4 is 5.97 Å². The Balaban J connectivity index is 1.39. The number of hydrogen-bond donors (Lipinski definition) is 7. The zero-order chi connectivity index (χ0) is 32.0. The Hall–Kier alpha value is -3.09. The molecule has 2 saturated heterocycles. The van der Waals surface area contributed by atoms with E-state index in [9.17, 15) is 40.5 Å². The molecule has 44 heavy (non-hydrogen) atoms. The van der Waals surface area contributed by atoms with Crippen molar-refractivity contribution in [3.63, 3.8) is 0 Å². The average Bonchev–Trinajstić information content (AvgIpc) is 3.34. The first-order valence-electron chi connectivity index (χ1n) is 13.8. The molecule has 1 unspecified atom stereocenters. The fraction of sp³-hybridized carbons (Fsp3) is 0.552. The summed E-state index contributed by atoms with van der Waals surface area (Å²) in [6.07, 6.45) is -10.7. The predicted octanol–water partition coefficient (Wildman–Crippen LogP) is -1.72. The molecule has 2 aromatic carbocycles. The first-order chi connectivity index (χ1) is 21.0. The van der Waals surface area contributed by atoms with Crippen LogP contribution in [0, 0.1) is 0 Å². The number of carbonyl (C=O) groups excluding carboxylic acids is 1. The first kappa shape index (κ1) is 33.8. The Morgan fingerprint density at radius 1 is 0.955 bits per heavy atom. The second-order valence-corrected chi connectivity index (χ2v) is 10.5. The molecule has 2 aromatic rings. The molecule has 0 aliphatic carbocycles. The molecule has 0 spiro atoms. The molecule has 0 saturated carbocycles. The number of benzene rings is 2. The van der Waals surface area contributed by atoms with Crippen molar-refractivity contribution in [1.82, 2.24) is 0 Å². The van der Waals surface area contributed by atoms with E-state index in [1.807, 2.05) is 0 Å². The van der Waals surface area contributed by atoms with E-state index in [1.54, 1.807) is 36.4 Å². The zero-order valence-electron chi connectivity index (χ0n) is 24.1. The fourth-order valence-corrected chi connectivity index (χ4v) is 4.68. The topological polar surface area (TPSA) is 223 Å². The molecule has 0 bridgehead atoms. The Morgan fingerprint density at radius 3 is 2.30 bits per heavy atom. The standard InChI is InChI=1S/C29H38O15/c1-38-18-6-3-15(4-7-18)26(36)40-11-17(10-30)16-5-8-19(20(9-16)39-2)43-27-24(34)23(33)22(32)21(44-27)12-41-28-25(35)29(37,13-31)14-42-28/h3-9,17,21-25,27-28,30-35,37H,10-14H2,1-2H3/t17?,21-,22-,23+,24-,25+,27-,28-,29-/m1/s1. The van der Waals surface area contributed by atoms with Gasteiger partial charge in [0.2, 0.25) is 6.29 Å². The van der Waals surface area contributed by atoms with Crippen molar-refractivity contribution in [2.75, 3.05) is 47.3 Å². The molecule has 7 N–H and O–H groups in total. The van der Waals surface area contributed by atoms with Crippen LogP contribution in [0.2, 0.25) is 0 Å². The van der Waals surface area contributed by atoms with Gasteiger partial charge in [0.15, 0.2) is 17.8 Å². The minimum atomic E-state index is -1.92. The zero-order valence-corrected chi connectivity index (χ0v) is 24.1. The number of rotatable bonds is 13. The molecule has 2 aliphatic rings. The van der Waals surface area contributed by atoms with Gasteiger partial charge < -0.3 is 68.9 Å². The Bertz CT molecular complexity index is 1230. The van der Waals surface area contributed by atoms with Crippen LogP contribution in [-0.4, -0.2) is 138 Å². The number of esters is 1. The third-order valence-corrected chi connectivity index (χ3v) is 7.54. The van der Waals surface area contributed by atoms with Crippen LogP contribution in [0.1, 0.15) is 21.8 Å². The van der Waals surface area contributed by atoms with E-state index in [0.717, 1.165) is 0 Å². The van der Waals surface area contributed by atoms with Gasteiger partial charge in [-0.15, -0.1) is 0 Å². The van der Waals surface area contributed by atoms with Crippen molar-refractivity contribution in [2.24, 2.45) is 0 Å². The Kier molecular flexibility index (Phi) is 11.4. The monoisotopic (exact) mass is 626 g/mol. The number of hydrogen-bond acceptors (Lipinski definition) is 15. The summed E-state index contributed by atoms with van der Waals surface area (Å²) in [6.45, 7) is -2.11. The molecule has 2 fully saturated rings. The predicted molar refractivity (Wildman–Crippen MR) is 147 cm³/mol. The number of methoxy groups -OCH3 is 2. The average molecular weight is 627 g/mol. The highest BCUT2D eigenvalue weighted by Crippen LogP contribution is 2.34. The van der Waals surface area contributed by atoms with Gasteiger partial charge in [0.05, 0.1) is 46.2 Å². The van der Waals surface area contributed by atoms with Crippen LogP contribution in [0.3, 0.4) is 0 Å². The van der Waals surface area contributed by atoms with Gasteiger partial charge in [-0.3, -0.25) is 0 Å². The minimum absolute atomic E-state index is 0.0815. The van der Waals surface area contributed by atoms with Crippen molar-refractivity contribution in [3.8, 4) is 17.2 Å². The molecule has 0 aromatic heterocycles. The summed E-state index contributed by atoms with van der Waals surface area (Å²) in [5.41, 5.74) is -1.07. The van der Waals surface area contributed by atoms with Gasteiger partial charge in [-0.25, -0.2) is 4.79 Å². The molecular formula is C29H38O15. The molecule has 0 amide bonds. The summed E-state index contributed by atoms with van der Waals surface area (Å²) in [4.78, 5) is 12.5. The van der Waals surface area contributed by atoms with Crippen LogP contribution in [-0.2, 0) is 18.9 Å². The maximum atomic E-state index is 12.5. The van der Waals surface area contributed by atoms with E-state index < -0.39 is 80.4 Å². The van der Waals surface area contributed by atoms with E-state index in [-0.39, 0.29) is 24.7 Å². The van der Waals surface area contributed by atoms with Gasteiger partial charge in [0.1, 0.15) is 48.5 Å². The third kappa shape index (κ3) is 7.40.